The molecule has 0 unspecified atom stereocenters. The molecule has 0 spiro atoms. The van der Waals surface area contributed by atoms with E-state index in [2.05, 4.69) is 5.32 Å². The van der Waals surface area contributed by atoms with Crippen molar-refractivity contribution in [2.24, 2.45) is 0 Å². The monoisotopic (exact) mass is 432 g/mol. The van der Waals surface area contributed by atoms with Crippen molar-refractivity contribution in [1.82, 2.24) is 5.32 Å². The number of benzene rings is 2. The number of amides is 1. The van der Waals surface area contributed by atoms with Crippen LogP contribution in [0.25, 0.3) is 0 Å². The molecule has 0 atom stereocenters. The van der Waals surface area contributed by atoms with Crippen LogP contribution in [0.3, 0.4) is 0 Å². The number of hydrogen-bond donors (Lipinski definition) is 1. The zero-order valence-electron chi connectivity index (χ0n) is 17.8. The lowest BCUT2D eigenvalue weighted by Crippen LogP contribution is -2.35. The Balaban J connectivity index is 2.06. The molecular formula is C22H28N2O5S. The molecule has 1 fully saturated rings. The van der Waals surface area contributed by atoms with E-state index < -0.39 is 10.0 Å². The van der Waals surface area contributed by atoms with Crippen molar-refractivity contribution in [3.8, 4) is 11.5 Å². The first-order chi connectivity index (χ1) is 14.3. The van der Waals surface area contributed by atoms with Gasteiger partial charge in [0.1, 0.15) is 0 Å². The molecule has 1 saturated carbocycles. The summed E-state index contributed by atoms with van der Waals surface area (Å²) < 4.78 is 38.3. The molecule has 8 heteroatoms. The van der Waals surface area contributed by atoms with Crippen molar-refractivity contribution < 1.29 is 22.7 Å². The summed E-state index contributed by atoms with van der Waals surface area (Å²) in [5.74, 6) is 0.374. The van der Waals surface area contributed by atoms with Gasteiger partial charge in [-0.3, -0.25) is 9.10 Å². The summed E-state index contributed by atoms with van der Waals surface area (Å²) in [6, 6.07) is 9.73. The fourth-order valence-corrected chi connectivity index (χ4v) is 4.85. The van der Waals surface area contributed by atoms with Crippen molar-refractivity contribution >= 4 is 21.6 Å². The van der Waals surface area contributed by atoms with Crippen LogP contribution >= 0.6 is 0 Å². The minimum Gasteiger partial charge on any atom is -0.493 e. The summed E-state index contributed by atoms with van der Waals surface area (Å²) >= 11 is 0. The maximum Gasteiger partial charge on any atom is 0.264 e. The second kappa shape index (κ2) is 8.95. The van der Waals surface area contributed by atoms with Crippen LogP contribution in [0.1, 0.15) is 41.6 Å². The van der Waals surface area contributed by atoms with Crippen LogP contribution in [-0.4, -0.2) is 41.6 Å². The van der Waals surface area contributed by atoms with Gasteiger partial charge in [0, 0.05) is 19.2 Å². The minimum atomic E-state index is -3.88. The van der Waals surface area contributed by atoms with Crippen LogP contribution in [0.15, 0.2) is 41.3 Å². The molecule has 0 saturated heterocycles. The van der Waals surface area contributed by atoms with E-state index in [1.807, 2.05) is 6.92 Å². The Morgan fingerprint density at radius 3 is 2.17 bits per heavy atom. The van der Waals surface area contributed by atoms with Crippen molar-refractivity contribution in [1.29, 1.82) is 0 Å². The molecule has 1 aliphatic rings. The number of hydrogen-bond acceptors (Lipinski definition) is 5. The highest BCUT2D eigenvalue weighted by Gasteiger charge is 2.28. The van der Waals surface area contributed by atoms with Gasteiger partial charge in [0.15, 0.2) is 11.5 Å². The van der Waals surface area contributed by atoms with Gasteiger partial charge in [0.25, 0.3) is 15.9 Å². The van der Waals surface area contributed by atoms with Gasteiger partial charge in [0.05, 0.1) is 30.4 Å². The summed E-state index contributed by atoms with van der Waals surface area (Å²) in [6.45, 7) is 1.89. The Hall–Kier alpha value is -2.74. The van der Waals surface area contributed by atoms with Crippen LogP contribution in [0.5, 0.6) is 11.5 Å². The Morgan fingerprint density at radius 1 is 1.03 bits per heavy atom. The molecule has 1 amide bonds. The molecule has 0 aromatic heterocycles. The van der Waals surface area contributed by atoms with E-state index in [0.29, 0.717) is 11.5 Å². The molecule has 2 aromatic rings. The van der Waals surface area contributed by atoms with Gasteiger partial charge < -0.3 is 14.8 Å². The molecule has 3 rings (SSSR count). The van der Waals surface area contributed by atoms with Gasteiger partial charge in [-0.1, -0.05) is 30.5 Å². The highest BCUT2D eigenvalue weighted by molar-refractivity contribution is 7.92. The topological polar surface area (TPSA) is 84.9 Å². The largest absolute Gasteiger partial charge is 0.493 e. The van der Waals surface area contributed by atoms with Crippen LogP contribution in [0.2, 0.25) is 0 Å². The standard InChI is InChI=1S/C22H28N2O5S/c1-15-9-11-17(12-10-15)30(26,27)24(2)19-14-21(29-4)20(28-3)13-18(19)22(25)23-16-7-5-6-8-16/h9-14,16H,5-8H2,1-4H3,(H,23,25). The molecule has 1 N–H and O–H groups in total. The van der Waals surface area contributed by atoms with Gasteiger partial charge in [-0.05, 0) is 38.0 Å². The first kappa shape index (κ1) is 22.0. The highest BCUT2D eigenvalue weighted by atomic mass is 32.2. The van der Waals surface area contributed by atoms with Crippen LogP contribution in [-0.2, 0) is 10.0 Å². The van der Waals surface area contributed by atoms with Gasteiger partial charge in [-0.2, -0.15) is 0 Å². The third-order valence-electron chi connectivity index (χ3n) is 5.46. The summed E-state index contributed by atoms with van der Waals surface area (Å²) in [7, 11) is 0.495. The number of nitrogens with one attached hydrogen (secondary N) is 1. The summed E-state index contributed by atoms with van der Waals surface area (Å²) in [6.07, 6.45) is 3.99. The van der Waals surface area contributed by atoms with Crippen LogP contribution in [0.4, 0.5) is 5.69 Å². The molecule has 30 heavy (non-hydrogen) atoms. The first-order valence-electron chi connectivity index (χ1n) is 9.90. The number of carbonyl (C=O) groups is 1. The van der Waals surface area contributed by atoms with Crippen LogP contribution in [0, 0.1) is 6.92 Å². The van der Waals surface area contributed by atoms with Gasteiger partial charge in [-0.25, -0.2) is 8.42 Å². The lowest BCUT2D eigenvalue weighted by molar-refractivity contribution is 0.0938. The van der Waals surface area contributed by atoms with Crippen molar-refractivity contribution in [2.75, 3.05) is 25.6 Å². The third-order valence-corrected chi connectivity index (χ3v) is 7.24. The minimum absolute atomic E-state index is 0.0949. The second-order valence-electron chi connectivity index (χ2n) is 7.46. The number of anilines is 1. The molecular weight excluding hydrogens is 404 g/mol. The maximum absolute atomic E-state index is 13.2. The summed E-state index contributed by atoms with van der Waals surface area (Å²) in [5.41, 5.74) is 1.40. The molecule has 7 nitrogen and oxygen atoms in total. The molecule has 0 heterocycles. The Bertz CT molecular complexity index is 1010. The molecule has 0 radical (unpaired) electrons. The Labute approximate surface area is 178 Å². The van der Waals surface area contributed by atoms with E-state index in [0.717, 1.165) is 35.6 Å². The zero-order chi connectivity index (χ0) is 21.9. The number of aryl methyl sites for hydroxylation is 1. The fraction of sp³-hybridized carbons (Fsp3) is 0.409. The van der Waals surface area contributed by atoms with Crippen molar-refractivity contribution in [3.05, 3.63) is 47.5 Å². The van der Waals surface area contributed by atoms with E-state index in [1.165, 1.54) is 33.4 Å². The summed E-state index contributed by atoms with van der Waals surface area (Å²) in [5, 5.41) is 3.02. The number of sulfonamides is 1. The van der Waals surface area contributed by atoms with Gasteiger partial charge in [-0.15, -0.1) is 0 Å². The zero-order valence-corrected chi connectivity index (χ0v) is 18.6. The average molecular weight is 433 g/mol. The lowest BCUT2D eigenvalue weighted by atomic mass is 10.1. The molecule has 0 bridgehead atoms. The van der Waals surface area contributed by atoms with Crippen molar-refractivity contribution in [3.63, 3.8) is 0 Å². The van der Waals surface area contributed by atoms with Crippen molar-refractivity contribution in [2.45, 2.75) is 43.5 Å². The number of carbonyl (C=O) groups excluding carboxylic acids is 1. The Morgan fingerprint density at radius 2 is 1.60 bits per heavy atom. The predicted molar refractivity (Wildman–Crippen MR) is 116 cm³/mol. The van der Waals surface area contributed by atoms with Gasteiger partial charge >= 0.3 is 0 Å². The number of methoxy groups -OCH3 is 2. The first-order valence-corrected chi connectivity index (χ1v) is 11.3. The van der Waals surface area contributed by atoms with Crippen LogP contribution < -0.4 is 19.1 Å². The highest BCUT2D eigenvalue weighted by Crippen LogP contribution is 2.37. The lowest BCUT2D eigenvalue weighted by Gasteiger charge is -2.24. The van der Waals surface area contributed by atoms with E-state index in [1.54, 1.807) is 24.3 Å². The number of ether oxygens (including phenoxy) is 2. The summed E-state index contributed by atoms with van der Waals surface area (Å²) in [4.78, 5) is 13.2. The predicted octanol–water partition coefficient (Wildman–Crippen LogP) is 3.51. The molecule has 2 aromatic carbocycles. The quantitative estimate of drug-likeness (QED) is 0.724. The number of nitrogens with zero attached hydrogens (tertiary/aromatic N) is 1. The van der Waals surface area contributed by atoms with E-state index in [-0.39, 0.29) is 28.1 Å². The smallest absolute Gasteiger partial charge is 0.264 e. The SMILES string of the molecule is COc1cc(C(=O)NC2CCCC2)c(N(C)S(=O)(=O)c2ccc(C)cc2)cc1OC. The average Bonchev–Trinajstić information content (AvgIpc) is 3.25. The Kier molecular flexibility index (Phi) is 6.55. The van der Waals surface area contributed by atoms with E-state index >= 15 is 0 Å². The maximum atomic E-state index is 13.2. The number of rotatable bonds is 7. The normalized spacial score (nSPS) is 14.4. The third kappa shape index (κ3) is 4.38. The molecule has 0 aliphatic heterocycles. The second-order valence-corrected chi connectivity index (χ2v) is 9.43. The molecule has 1 aliphatic carbocycles. The fourth-order valence-electron chi connectivity index (χ4n) is 3.64. The van der Waals surface area contributed by atoms with E-state index in [4.69, 9.17) is 9.47 Å². The molecule has 162 valence electrons. The van der Waals surface area contributed by atoms with E-state index in [9.17, 15) is 13.2 Å². The van der Waals surface area contributed by atoms with Gasteiger partial charge in [0.2, 0.25) is 0 Å².